The van der Waals surface area contributed by atoms with Crippen LogP contribution < -0.4 is 16.8 Å². The zero-order chi connectivity index (χ0) is 13.1. The van der Waals surface area contributed by atoms with Crippen LogP contribution in [0.1, 0.15) is 29.6 Å². The average molecular weight is 284 g/mol. The van der Waals surface area contributed by atoms with E-state index in [0.717, 1.165) is 19.3 Å². The Morgan fingerprint density at radius 3 is 2.26 bits per heavy atom. The lowest BCUT2D eigenvalue weighted by molar-refractivity contribution is -0.120. The van der Waals surface area contributed by atoms with Gasteiger partial charge in [0.15, 0.2) is 0 Å². The molecule has 1 aliphatic rings. The van der Waals surface area contributed by atoms with E-state index in [1.807, 2.05) is 0 Å². The van der Waals surface area contributed by atoms with Crippen LogP contribution in [-0.4, -0.2) is 17.9 Å². The zero-order valence-corrected chi connectivity index (χ0v) is 11.3. The van der Waals surface area contributed by atoms with E-state index in [0.29, 0.717) is 11.3 Å². The monoisotopic (exact) mass is 283 g/mol. The number of rotatable bonds is 3. The lowest BCUT2D eigenvalue weighted by atomic mass is 10.0. The van der Waals surface area contributed by atoms with Gasteiger partial charge < -0.3 is 16.8 Å². The molecule has 1 aromatic carbocycles. The first kappa shape index (κ1) is 15.5. The first-order chi connectivity index (χ1) is 8.58. The van der Waals surface area contributed by atoms with Crippen LogP contribution in [0.4, 0.5) is 5.69 Å². The normalized spacial score (nSPS) is 21.5. The predicted octanol–water partition coefficient (Wildman–Crippen LogP) is 1.27. The van der Waals surface area contributed by atoms with Crippen LogP contribution in [0.25, 0.3) is 0 Å². The minimum atomic E-state index is -0.481. The molecule has 5 N–H and O–H groups in total. The second-order valence-electron chi connectivity index (χ2n) is 4.63. The Balaban J connectivity index is 0.00000180. The number of benzene rings is 1. The number of hydrogen-bond acceptors (Lipinski definition) is 3. The van der Waals surface area contributed by atoms with Crippen LogP contribution in [0, 0.1) is 5.92 Å². The summed E-state index contributed by atoms with van der Waals surface area (Å²) in [5.74, 6) is -0.640. The highest BCUT2D eigenvalue weighted by molar-refractivity contribution is 5.95. The second-order valence-corrected chi connectivity index (χ2v) is 4.63. The number of nitrogens with one attached hydrogen (secondary N) is 1. The molecule has 2 unspecified atom stereocenters. The molecule has 2 amide bonds. The van der Waals surface area contributed by atoms with Crippen LogP contribution in [0.2, 0.25) is 0 Å². The van der Waals surface area contributed by atoms with Gasteiger partial charge in [-0.25, -0.2) is 0 Å². The smallest absolute Gasteiger partial charge is 0.248 e. The molecule has 19 heavy (non-hydrogen) atoms. The molecular weight excluding hydrogens is 266 g/mol. The molecule has 0 bridgehead atoms. The number of carbonyl (C=O) groups excluding carboxylic acids is 2. The van der Waals surface area contributed by atoms with Gasteiger partial charge in [0.1, 0.15) is 0 Å². The summed E-state index contributed by atoms with van der Waals surface area (Å²) in [7, 11) is 0. The Hall–Kier alpha value is -1.59. The number of primary amides is 1. The van der Waals surface area contributed by atoms with Crippen molar-refractivity contribution in [3.63, 3.8) is 0 Å². The summed E-state index contributed by atoms with van der Waals surface area (Å²) in [6, 6.07) is 6.46. The quantitative estimate of drug-likeness (QED) is 0.779. The van der Waals surface area contributed by atoms with Gasteiger partial charge in [0, 0.05) is 17.3 Å². The molecule has 104 valence electrons. The van der Waals surface area contributed by atoms with Gasteiger partial charge in [0.25, 0.3) is 0 Å². The van der Waals surface area contributed by atoms with Gasteiger partial charge in [0.2, 0.25) is 11.8 Å². The molecule has 1 aromatic rings. The summed E-state index contributed by atoms with van der Waals surface area (Å²) in [4.78, 5) is 22.9. The van der Waals surface area contributed by atoms with E-state index in [4.69, 9.17) is 11.5 Å². The highest BCUT2D eigenvalue weighted by Gasteiger charge is 2.30. The molecule has 1 aliphatic carbocycles. The van der Waals surface area contributed by atoms with Gasteiger partial charge in [-0.05, 0) is 37.1 Å². The van der Waals surface area contributed by atoms with Gasteiger partial charge >= 0.3 is 0 Å². The first-order valence-electron chi connectivity index (χ1n) is 6.04. The molecular formula is C13H18ClN3O2. The topological polar surface area (TPSA) is 98.2 Å². The predicted molar refractivity (Wildman–Crippen MR) is 76.2 cm³/mol. The van der Waals surface area contributed by atoms with Crippen molar-refractivity contribution in [2.24, 2.45) is 17.4 Å². The van der Waals surface area contributed by atoms with Gasteiger partial charge in [-0.1, -0.05) is 6.42 Å². The molecule has 6 heteroatoms. The maximum Gasteiger partial charge on any atom is 0.248 e. The SMILES string of the molecule is Cl.NC(=O)c1ccc(NC(=O)C2CCCC2N)cc1. The number of anilines is 1. The van der Waals surface area contributed by atoms with Crippen LogP contribution in [-0.2, 0) is 4.79 Å². The molecule has 1 fully saturated rings. The fraction of sp³-hybridized carbons (Fsp3) is 0.385. The highest BCUT2D eigenvalue weighted by Crippen LogP contribution is 2.25. The third-order valence-electron chi connectivity index (χ3n) is 3.34. The summed E-state index contributed by atoms with van der Waals surface area (Å²) in [5, 5.41) is 2.81. The number of nitrogens with two attached hydrogens (primary N) is 2. The van der Waals surface area contributed by atoms with Gasteiger partial charge in [-0.15, -0.1) is 12.4 Å². The molecule has 0 heterocycles. The second kappa shape index (κ2) is 6.54. The maximum absolute atomic E-state index is 12.0. The Bertz CT molecular complexity index is 461. The maximum atomic E-state index is 12.0. The summed E-state index contributed by atoms with van der Waals surface area (Å²) < 4.78 is 0. The van der Waals surface area contributed by atoms with Crippen molar-refractivity contribution in [2.45, 2.75) is 25.3 Å². The van der Waals surface area contributed by atoms with E-state index in [1.54, 1.807) is 24.3 Å². The third kappa shape index (κ3) is 3.68. The Kier molecular flexibility index (Phi) is 5.32. The fourth-order valence-electron chi connectivity index (χ4n) is 2.27. The van der Waals surface area contributed by atoms with Gasteiger partial charge in [-0.2, -0.15) is 0 Å². The minimum Gasteiger partial charge on any atom is -0.366 e. The molecule has 0 aliphatic heterocycles. The van der Waals surface area contributed by atoms with Crippen LogP contribution in [0.3, 0.4) is 0 Å². The van der Waals surface area contributed by atoms with E-state index in [9.17, 15) is 9.59 Å². The van der Waals surface area contributed by atoms with E-state index in [1.165, 1.54) is 0 Å². The van der Waals surface area contributed by atoms with Crippen LogP contribution >= 0.6 is 12.4 Å². The zero-order valence-electron chi connectivity index (χ0n) is 10.5. The molecule has 0 radical (unpaired) electrons. The van der Waals surface area contributed by atoms with Crippen molar-refractivity contribution in [1.29, 1.82) is 0 Å². The molecule has 0 aromatic heterocycles. The van der Waals surface area contributed by atoms with Gasteiger partial charge in [0.05, 0.1) is 5.92 Å². The van der Waals surface area contributed by atoms with Crippen molar-refractivity contribution >= 4 is 29.9 Å². The van der Waals surface area contributed by atoms with Crippen LogP contribution in [0.5, 0.6) is 0 Å². The van der Waals surface area contributed by atoms with E-state index < -0.39 is 5.91 Å². The van der Waals surface area contributed by atoms with Crippen molar-refractivity contribution in [3.8, 4) is 0 Å². The fourth-order valence-corrected chi connectivity index (χ4v) is 2.27. The van der Waals surface area contributed by atoms with E-state index in [2.05, 4.69) is 5.32 Å². The Morgan fingerprint density at radius 1 is 1.16 bits per heavy atom. The molecule has 2 rings (SSSR count). The van der Waals surface area contributed by atoms with Crippen molar-refractivity contribution < 1.29 is 9.59 Å². The van der Waals surface area contributed by atoms with Crippen molar-refractivity contribution in [2.75, 3.05) is 5.32 Å². The molecule has 1 saturated carbocycles. The number of halogens is 1. The molecule has 2 atom stereocenters. The lowest BCUT2D eigenvalue weighted by Crippen LogP contribution is -2.34. The van der Waals surface area contributed by atoms with Crippen LogP contribution in [0.15, 0.2) is 24.3 Å². The molecule has 0 saturated heterocycles. The van der Waals surface area contributed by atoms with E-state index >= 15 is 0 Å². The van der Waals surface area contributed by atoms with E-state index in [-0.39, 0.29) is 30.3 Å². The Morgan fingerprint density at radius 2 is 1.79 bits per heavy atom. The minimum absolute atomic E-state index is 0. The first-order valence-corrected chi connectivity index (χ1v) is 6.04. The Labute approximate surface area is 118 Å². The van der Waals surface area contributed by atoms with Crippen molar-refractivity contribution in [3.05, 3.63) is 29.8 Å². The highest BCUT2D eigenvalue weighted by atomic mass is 35.5. The number of hydrogen-bond donors (Lipinski definition) is 3. The standard InChI is InChI=1S/C13H17N3O2.ClH/c14-11-3-1-2-10(11)13(18)16-9-6-4-8(5-7-9)12(15)17;/h4-7,10-11H,1-3,14H2,(H2,15,17)(H,16,18);1H. The van der Waals surface area contributed by atoms with Gasteiger partial charge in [-0.3, -0.25) is 9.59 Å². The molecule has 5 nitrogen and oxygen atoms in total. The summed E-state index contributed by atoms with van der Waals surface area (Å²) in [6.45, 7) is 0. The summed E-state index contributed by atoms with van der Waals surface area (Å²) in [6.07, 6.45) is 2.74. The number of amides is 2. The summed E-state index contributed by atoms with van der Waals surface area (Å²) in [5.41, 5.74) is 12.1. The summed E-state index contributed by atoms with van der Waals surface area (Å²) >= 11 is 0. The third-order valence-corrected chi connectivity index (χ3v) is 3.34. The van der Waals surface area contributed by atoms with Crippen molar-refractivity contribution in [1.82, 2.24) is 0 Å². The lowest BCUT2D eigenvalue weighted by Gasteiger charge is -2.15. The molecule has 0 spiro atoms. The average Bonchev–Trinajstić information content (AvgIpc) is 2.76. The number of carbonyl (C=O) groups is 2. The largest absolute Gasteiger partial charge is 0.366 e.